The average molecular weight is 719 g/mol. The van der Waals surface area contributed by atoms with Crippen molar-refractivity contribution in [3.8, 4) is 11.5 Å². The van der Waals surface area contributed by atoms with E-state index in [1.807, 2.05) is 60.7 Å². The Morgan fingerprint density at radius 1 is 0.653 bits per heavy atom. The third-order valence-corrected chi connectivity index (χ3v) is 10.4. The van der Waals surface area contributed by atoms with Crippen molar-refractivity contribution >= 4 is 57.6 Å². The third-order valence-electron chi connectivity index (χ3n) is 9.69. The number of nitrogens with one attached hydrogen (secondary N) is 2. The SMILES string of the molecule is ONC(CC1CCC(c2ccc(O)cc2)CC1)=Nc1cccc(Cl)c1.Oc1ccc(C2CCC(CC(=S)Nc3cccc(Cl)c3)CC2)cc1. The highest BCUT2D eigenvalue weighted by molar-refractivity contribution is 7.80. The molecule has 0 aromatic heterocycles. The Balaban J connectivity index is 0.000000191. The highest BCUT2D eigenvalue weighted by Crippen LogP contribution is 2.39. The van der Waals surface area contributed by atoms with Crippen LogP contribution in [0.1, 0.15) is 87.2 Å². The topological polar surface area (TPSA) is 97.1 Å². The van der Waals surface area contributed by atoms with Gasteiger partial charge in [-0.3, -0.25) is 10.7 Å². The monoisotopic (exact) mass is 717 g/mol. The Labute approximate surface area is 305 Å². The normalized spacial score (nSPS) is 20.8. The first-order chi connectivity index (χ1) is 23.7. The lowest BCUT2D eigenvalue weighted by Crippen LogP contribution is -2.24. The van der Waals surface area contributed by atoms with Gasteiger partial charge < -0.3 is 15.5 Å². The molecule has 2 aliphatic rings. The summed E-state index contributed by atoms with van der Waals surface area (Å²) in [7, 11) is 0. The van der Waals surface area contributed by atoms with Crippen LogP contribution in [-0.4, -0.2) is 26.2 Å². The average Bonchev–Trinajstić information content (AvgIpc) is 3.10. The van der Waals surface area contributed by atoms with Crippen molar-refractivity contribution in [3.63, 3.8) is 0 Å². The van der Waals surface area contributed by atoms with E-state index in [1.165, 1.54) is 36.8 Å². The standard InChI is InChI=1S/C20H23ClN2O2.C20H22ClNOS/c21-17-2-1-3-18(13-17)22-20(23-25)12-14-4-6-15(7-5-14)16-8-10-19(24)11-9-16;21-17-2-1-3-18(13-17)22-20(24)12-14-4-6-15(7-5-14)16-8-10-19(23)11-9-16/h1-3,8-11,13-15,24-25H,4-7,12H2,(H,22,23);1-3,8-11,13-15,23H,4-7,12H2,(H,22,24). The van der Waals surface area contributed by atoms with Crippen LogP contribution in [0.2, 0.25) is 10.0 Å². The number of anilines is 1. The maximum absolute atomic E-state index is 9.41. The second-order valence-corrected chi connectivity index (χ2v) is 14.6. The van der Waals surface area contributed by atoms with Crippen LogP contribution in [0.25, 0.3) is 0 Å². The fourth-order valence-corrected chi connectivity index (χ4v) is 7.75. The van der Waals surface area contributed by atoms with Crippen molar-refractivity contribution in [1.29, 1.82) is 0 Å². The van der Waals surface area contributed by atoms with E-state index in [2.05, 4.69) is 15.8 Å². The Bertz CT molecular complexity index is 1670. The molecule has 49 heavy (non-hydrogen) atoms. The zero-order chi connectivity index (χ0) is 34.6. The van der Waals surface area contributed by atoms with Crippen LogP contribution in [0.5, 0.6) is 11.5 Å². The summed E-state index contributed by atoms with van der Waals surface area (Å²) in [5, 5.41) is 32.9. The smallest absolute Gasteiger partial charge is 0.126 e. The number of phenolic OH excluding ortho intramolecular Hbond substituents is 2. The summed E-state index contributed by atoms with van der Waals surface area (Å²) >= 11 is 17.5. The fourth-order valence-electron chi connectivity index (χ4n) is 7.02. The van der Waals surface area contributed by atoms with Crippen molar-refractivity contribution in [3.05, 3.63) is 118 Å². The molecule has 0 unspecified atom stereocenters. The van der Waals surface area contributed by atoms with Crippen LogP contribution in [0.15, 0.2) is 102 Å². The van der Waals surface area contributed by atoms with Gasteiger partial charge in [-0.25, -0.2) is 4.99 Å². The van der Waals surface area contributed by atoms with Gasteiger partial charge in [0, 0.05) is 28.6 Å². The van der Waals surface area contributed by atoms with Crippen molar-refractivity contribution in [2.45, 2.75) is 76.0 Å². The van der Waals surface area contributed by atoms with Crippen LogP contribution in [-0.2, 0) is 0 Å². The lowest BCUT2D eigenvalue weighted by Gasteiger charge is -2.29. The lowest BCUT2D eigenvalue weighted by atomic mass is 9.77. The number of thiocarbonyl (C=S) groups is 1. The summed E-state index contributed by atoms with van der Waals surface area (Å²) in [6.07, 6.45) is 10.9. The molecular formula is C40H45Cl2N3O3S. The molecule has 0 heterocycles. The molecule has 2 fully saturated rings. The minimum Gasteiger partial charge on any atom is -0.508 e. The zero-order valence-corrected chi connectivity index (χ0v) is 29.9. The van der Waals surface area contributed by atoms with Crippen LogP contribution in [0.4, 0.5) is 11.4 Å². The molecule has 0 aliphatic heterocycles. The van der Waals surface area contributed by atoms with Gasteiger partial charge in [-0.2, -0.15) is 0 Å². The number of rotatable bonds is 8. The molecule has 0 bridgehead atoms. The molecule has 4 aromatic rings. The minimum atomic E-state index is 0.313. The molecule has 0 amide bonds. The van der Waals surface area contributed by atoms with Crippen LogP contribution < -0.4 is 10.8 Å². The molecule has 2 aliphatic carbocycles. The van der Waals surface area contributed by atoms with Gasteiger partial charge in [-0.15, -0.1) is 0 Å². The number of nitrogens with zero attached hydrogens (tertiary/aromatic N) is 1. The van der Waals surface area contributed by atoms with E-state index < -0.39 is 0 Å². The summed E-state index contributed by atoms with van der Waals surface area (Å²) < 4.78 is 0. The highest BCUT2D eigenvalue weighted by Gasteiger charge is 2.24. The van der Waals surface area contributed by atoms with E-state index in [4.69, 9.17) is 35.4 Å². The largest absolute Gasteiger partial charge is 0.508 e. The number of hydrogen-bond donors (Lipinski definition) is 5. The van der Waals surface area contributed by atoms with Crippen molar-refractivity contribution in [2.75, 3.05) is 5.32 Å². The Hall–Kier alpha value is -3.62. The maximum Gasteiger partial charge on any atom is 0.126 e. The molecule has 0 saturated heterocycles. The van der Waals surface area contributed by atoms with Gasteiger partial charge in [0.1, 0.15) is 17.3 Å². The van der Waals surface area contributed by atoms with Crippen molar-refractivity contribution in [2.24, 2.45) is 16.8 Å². The Kier molecular flexibility index (Phi) is 13.8. The lowest BCUT2D eigenvalue weighted by molar-refractivity contribution is 0.226. The highest BCUT2D eigenvalue weighted by atomic mass is 35.5. The Morgan fingerprint density at radius 3 is 1.63 bits per heavy atom. The van der Waals surface area contributed by atoms with Gasteiger partial charge in [-0.05, 0) is 147 Å². The molecule has 9 heteroatoms. The number of hydroxylamine groups is 1. The Morgan fingerprint density at radius 2 is 1.14 bits per heavy atom. The molecule has 0 atom stereocenters. The predicted molar refractivity (Wildman–Crippen MR) is 206 cm³/mol. The summed E-state index contributed by atoms with van der Waals surface area (Å²) in [4.78, 5) is 5.36. The first-order valence-electron chi connectivity index (χ1n) is 17.1. The zero-order valence-electron chi connectivity index (χ0n) is 27.6. The molecule has 258 valence electrons. The first-order valence-corrected chi connectivity index (χ1v) is 18.3. The van der Waals surface area contributed by atoms with E-state index in [0.29, 0.717) is 46.0 Å². The van der Waals surface area contributed by atoms with Gasteiger partial charge in [0.05, 0.1) is 10.7 Å². The molecule has 6 rings (SSSR count). The summed E-state index contributed by atoms with van der Waals surface area (Å²) in [5.74, 6) is 3.54. The second kappa shape index (κ2) is 18.4. The van der Waals surface area contributed by atoms with Gasteiger partial charge >= 0.3 is 0 Å². The number of aliphatic imine (C=N–C) groups is 1. The molecule has 2 saturated carbocycles. The number of phenols is 2. The minimum absolute atomic E-state index is 0.313. The molecule has 4 aromatic carbocycles. The number of aromatic hydroxyl groups is 2. The van der Waals surface area contributed by atoms with Crippen LogP contribution >= 0.6 is 35.4 Å². The summed E-state index contributed by atoms with van der Waals surface area (Å²) in [6.45, 7) is 0. The third kappa shape index (κ3) is 11.7. The fraction of sp³-hybridized carbons (Fsp3) is 0.350. The number of halogens is 2. The van der Waals surface area contributed by atoms with Gasteiger partial charge in [0.25, 0.3) is 0 Å². The van der Waals surface area contributed by atoms with Gasteiger partial charge in [0.2, 0.25) is 0 Å². The summed E-state index contributed by atoms with van der Waals surface area (Å²) in [5.41, 5.74) is 6.58. The summed E-state index contributed by atoms with van der Waals surface area (Å²) in [6, 6.07) is 30.2. The number of hydrogen-bond acceptors (Lipinski definition) is 5. The quantitative estimate of drug-likeness (QED) is 0.0539. The molecule has 5 N–H and O–H groups in total. The van der Waals surface area contributed by atoms with Gasteiger partial charge in [0.15, 0.2) is 0 Å². The van der Waals surface area contributed by atoms with Crippen molar-refractivity contribution < 1.29 is 15.4 Å². The van der Waals surface area contributed by atoms with E-state index >= 15 is 0 Å². The first kappa shape index (κ1) is 36.7. The van der Waals surface area contributed by atoms with Crippen LogP contribution in [0, 0.1) is 11.8 Å². The van der Waals surface area contributed by atoms with Gasteiger partial charge in [-0.1, -0.05) is 71.8 Å². The van der Waals surface area contributed by atoms with E-state index in [-0.39, 0.29) is 0 Å². The predicted octanol–water partition coefficient (Wildman–Crippen LogP) is 11.6. The van der Waals surface area contributed by atoms with E-state index in [1.54, 1.807) is 36.4 Å². The molecule has 0 spiro atoms. The van der Waals surface area contributed by atoms with E-state index in [9.17, 15) is 15.4 Å². The second-order valence-electron chi connectivity index (χ2n) is 13.2. The van der Waals surface area contributed by atoms with E-state index in [0.717, 1.165) is 59.9 Å². The number of amidine groups is 1. The molecule has 0 radical (unpaired) electrons. The maximum atomic E-state index is 9.41. The molecular weight excluding hydrogens is 673 g/mol. The molecule has 6 nitrogen and oxygen atoms in total. The number of benzene rings is 4. The van der Waals surface area contributed by atoms with Crippen molar-refractivity contribution in [1.82, 2.24) is 5.48 Å². The van der Waals surface area contributed by atoms with Crippen LogP contribution in [0.3, 0.4) is 0 Å².